The van der Waals surface area contributed by atoms with Gasteiger partial charge in [-0.05, 0) is 18.1 Å². The second kappa shape index (κ2) is 7.36. The molecule has 1 rings (SSSR count). The highest BCUT2D eigenvalue weighted by atomic mass is 16.2. The van der Waals surface area contributed by atoms with Crippen molar-refractivity contribution in [3.63, 3.8) is 0 Å². The molecule has 8 heteroatoms. The summed E-state index contributed by atoms with van der Waals surface area (Å²) in [5.74, 6) is -0.592. The Morgan fingerprint density at radius 1 is 1.33 bits per heavy atom. The lowest BCUT2D eigenvalue weighted by molar-refractivity contribution is -0.121. The van der Waals surface area contributed by atoms with E-state index in [0.717, 1.165) is 12.8 Å². The van der Waals surface area contributed by atoms with Crippen LogP contribution < -0.4 is 5.32 Å². The third kappa shape index (κ3) is 4.11. The number of nitrogens with zero attached hydrogens (tertiary/aromatic N) is 4. The number of amides is 2. The molecule has 1 aromatic heterocycles. The van der Waals surface area contributed by atoms with Gasteiger partial charge in [0.05, 0.1) is 6.54 Å². The van der Waals surface area contributed by atoms with E-state index in [9.17, 15) is 9.59 Å². The van der Waals surface area contributed by atoms with Gasteiger partial charge in [-0.3, -0.25) is 9.59 Å². The number of aromatic amines is 1. The maximum absolute atomic E-state index is 12.0. The smallest absolute Gasteiger partial charge is 0.295 e. The van der Waals surface area contributed by atoms with Crippen molar-refractivity contribution in [3.05, 3.63) is 5.82 Å². The number of tetrazole rings is 1. The van der Waals surface area contributed by atoms with Gasteiger partial charge in [-0.2, -0.15) is 5.21 Å². The van der Waals surface area contributed by atoms with Crippen molar-refractivity contribution in [1.29, 1.82) is 0 Å². The van der Waals surface area contributed by atoms with Crippen LogP contribution in [-0.2, 0) is 4.79 Å². The Labute approximate surface area is 105 Å². The lowest BCUT2D eigenvalue weighted by Gasteiger charge is -2.19. The van der Waals surface area contributed by atoms with Crippen LogP contribution in [0.3, 0.4) is 0 Å². The molecular formula is C10H18N6O2. The minimum Gasteiger partial charge on any atom is -0.355 e. The number of aromatic nitrogens is 4. The molecule has 1 aromatic rings. The highest BCUT2D eigenvalue weighted by Gasteiger charge is 2.21. The molecule has 0 saturated carbocycles. The SMILES string of the molecule is CCCNC(=O)CN(CCC)C(=O)c1nn[nH]n1. The predicted molar refractivity (Wildman–Crippen MR) is 63.7 cm³/mol. The number of hydrogen-bond donors (Lipinski definition) is 2. The Balaban J connectivity index is 2.59. The third-order valence-corrected chi connectivity index (χ3v) is 2.22. The molecule has 0 bridgehead atoms. The monoisotopic (exact) mass is 254 g/mol. The van der Waals surface area contributed by atoms with E-state index in [1.54, 1.807) is 0 Å². The number of rotatable bonds is 7. The fourth-order valence-corrected chi connectivity index (χ4v) is 1.41. The van der Waals surface area contributed by atoms with E-state index in [2.05, 4.69) is 25.9 Å². The molecule has 0 unspecified atom stereocenters. The molecule has 0 atom stereocenters. The van der Waals surface area contributed by atoms with Crippen LogP contribution >= 0.6 is 0 Å². The molecule has 1 heterocycles. The molecule has 2 N–H and O–H groups in total. The fourth-order valence-electron chi connectivity index (χ4n) is 1.41. The molecule has 0 radical (unpaired) electrons. The second-order valence-corrected chi connectivity index (χ2v) is 3.81. The van der Waals surface area contributed by atoms with E-state index in [1.807, 2.05) is 13.8 Å². The van der Waals surface area contributed by atoms with Crippen LogP contribution in [0.4, 0.5) is 0 Å². The molecule has 0 aliphatic carbocycles. The van der Waals surface area contributed by atoms with Gasteiger partial charge in [-0.1, -0.05) is 13.8 Å². The van der Waals surface area contributed by atoms with Crippen molar-refractivity contribution in [2.24, 2.45) is 0 Å². The van der Waals surface area contributed by atoms with Crippen molar-refractivity contribution in [3.8, 4) is 0 Å². The van der Waals surface area contributed by atoms with Gasteiger partial charge in [-0.15, -0.1) is 10.2 Å². The molecule has 8 nitrogen and oxygen atoms in total. The Hall–Kier alpha value is -1.99. The van der Waals surface area contributed by atoms with E-state index < -0.39 is 5.91 Å². The van der Waals surface area contributed by atoms with Crippen LogP contribution in [0, 0.1) is 0 Å². The second-order valence-electron chi connectivity index (χ2n) is 3.81. The zero-order chi connectivity index (χ0) is 13.4. The molecule has 0 aliphatic rings. The molecule has 0 spiro atoms. The van der Waals surface area contributed by atoms with E-state index in [1.165, 1.54) is 4.90 Å². The first-order valence-corrected chi connectivity index (χ1v) is 5.98. The molecule has 2 amide bonds. The Bertz CT molecular complexity index is 378. The summed E-state index contributed by atoms with van der Waals surface area (Å²) < 4.78 is 0. The highest BCUT2D eigenvalue weighted by molar-refractivity contribution is 5.93. The van der Waals surface area contributed by atoms with E-state index >= 15 is 0 Å². The number of hydrogen-bond acceptors (Lipinski definition) is 5. The molecule has 0 aliphatic heterocycles. The van der Waals surface area contributed by atoms with Gasteiger partial charge in [0, 0.05) is 13.1 Å². The quantitative estimate of drug-likeness (QED) is 0.687. The van der Waals surface area contributed by atoms with Crippen molar-refractivity contribution >= 4 is 11.8 Å². The normalized spacial score (nSPS) is 10.1. The highest BCUT2D eigenvalue weighted by Crippen LogP contribution is 1.98. The van der Waals surface area contributed by atoms with Crippen molar-refractivity contribution in [2.45, 2.75) is 26.7 Å². The van der Waals surface area contributed by atoms with Crippen molar-refractivity contribution < 1.29 is 9.59 Å². The number of nitrogens with one attached hydrogen (secondary N) is 2. The summed E-state index contributed by atoms with van der Waals surface area (Å²) in [7, 11) is 0. The molecule has 100 valence electrons. The summed E-state index contributed by atoms with van der Waals surface area (Å²) in [6.45, 7) is 5.00. The zero-order valence-corrected chi connectivity index (χ0v) is 10.6. The molecule has 18 heavy (non-hydrogen) atoms. The summed E-state index contributed by atoms with van der Waals surface area (Å²) >= 11 is 0. The minimum atomic E-state index is -0.391. The average Bonchev–Trinajstić information content (AvgIpc) is 2.88. The maximum Gasteiger partial charge on any atom is 0.295 e. The van der Waals surface area contributed by atoms with Crippen LogP contribution in [0.25, 0.3) is 0 Å². The maximum atomic E-state index is 12.0. The first-order chi connectivity index (χ1) is 8.69. The van der Waals surface area contributed by atoms with Gasteiger partial charge in [0.2, 0.25) is 5.91 Å². The van der Waals surface area contributed by atoms with Gasteiger partial charge >= 0.3 is 0 Å². The van der Waals surface area contributed by atoms with E-state index in [-0.39, 0.29) is 18.3 Å². The molecule has 0 fully saturated rings. The summed E-state index contributed by atoms with van der Waals surface area (Å²) in [4.78, 5) is 25.0. The summed E-state index contributed by atoms with van der Waals surface area (Å²) in [6, 6.07) is 0. The van der Waals surface area contributed by atoms with E-state index in [0.29, 0.717) is 13.1 Å². The standard InChI is InChI=1S/C10H18N6O2/c1-3-5-11-8(17)7-16(6-4-2)10(18)9-12-14-15-13-9/h3-7H2,1-2H3,(H,11,17)(H,12,13,14,15). The van der Waals surface area contributed by atoms with Gasteiger partial charge in [-0.25, -0.2) is 0 Å². The lowest BCUT2D eigenvalue weighted by Crippen LogP contribution is -2.41. The van der Waals surface area contributed by atoms with Gasteiger partial charge < -0.3 is 10.2 Å². The first-order valence-electron chi connectivity index (χ1n) is 5.98. The summed E-state index contributed by atoms with van der Waals surface area (Å²) in [5.41, 5.74) is 0. The summed E-state index contributed by atoms with van der Waals surface area (Å²) in [6.07, 6.45) is 1.61. The number of carbonyl (C=O) groups excluding carboxylic acids is 2. The largest absolute Gasteiger partial charge is 0.355 e. The van der Waals surface area contributed by atoms with Crippen molar-refractivity contribution in [1.82, 2.24) is 30.8 Å². The zero-order valence-electron chi connectivity index (χ0n) is 10.6. The van der Waals surface area contributed by atoms with Gasteiger partial charge in [0.15, 0.2) is 0 Å². The topological polar surface area (TPSA) is 104 Å². The van der Waals surface area contributed by atoms with Crippen molar-refractivity contribution in [2.75, 3.05) is 19.6 Å². The van der Waals surface area contributed by atoms with Crippen LogP contribution in [0.2, 0.25) is 0 Å². The van der Waals surface area contributed by atoms with Crippen LogP contribution in [0.5, 0.6) is 0 Å². The lowest BCUT2D eigenvalue weighted by atomic mass is 10.3. The Kier molecular flexibility index (Phi) is 5.75. The van der Waals surface area contributed by atoms with Crippen LogP contribution in [-0.4, -0.2) is 57.0 Å². The predicted octanol–water partition coefficient (Wildman–Crippen LogP) is -0.422. The number of carbonyl (C=O) groups is 2. The van der Waals surface area contributed by atoms with Gasteiger partial charge in [0.25, 0.3) is 11.7 Å². The fraction of sp³-hybridized carbons (Fsp3) is 0.700. The Morgan fingerprint density at radius 3 is 2.67 bits per heavy atom. The third-order valence-electron chi connectivity index (χ3n) is 2.22. The first kappa shape index (κ1) is 14.1. The Morgan fingerprint density at radius 2 is 2.11 bits per heavy atom. The van der Waals surface area contributed by atoms with Crippen LogP contribution in [0.15, 0.2) is 0 Å². The van der Waals surface area contributed by atoms with Crippen LogP contribution in [0.1, 0.15) is 37.3 Å². The minimum absolute atomic E-state index is 0.0151. The van der Waals surface area contributed by atoms with Gasteiger partial charge in [0.1, 0.15) is 0 Å². The average molecular weight is 254 g/mol. The number of H-pyrrole nitrogens is 1. The molecule has 0 saturated heterocycles. The molecule has 0 aromatic carbocycles. The molecular weight excluding hydrogens is 236 g/mol. The van der Waals surface area contributed by atoms with E-state index in [4.69, 9.17) is 0 Å². The summed E-state index contributed by atoms with van der Waals surface area (Å²) in [5, 5.41) is 15.5.